The molecule has 0 saturated carbocycles. The first-order chi connectivity index (χ1) is 11.2. The van der Waals surface area contributed by atoms with Gasteiger partial charge in [0.1, 0.15) is 5.75 Å². The van der Waals surface area contributed by atoms with Crippen molar-refractivity contribution in [3.8, 4) is 5.75 Å². The summed E-state index contributed by atoms with van der Waals surface area (Å²) in [6.07, 6.45) is 4.02. The summed E-state index contributed by atoms with van der Waals surface area (Å²) in [5, 5.41) is 12.8. The molecule has 3 rings (SSSR count). The second kappa shape index (κ2) is 6.84. The second-order valence-corrected chi connectivity index (χ2v) is 5.54. The monoisotopic (exact) mass is 301 g/mol. The maximum atomic E-state index is 9.46. The van der Waals surface area contributed by atoms with Gasteiger partial charge in [-0.3, -0.25) is 0 Å². The predicted octanol–water partition coefficient (Wildman–Crippen LogP) is 5.61. The van der Waals surface area contributed by atoms with Crippen molar-refractivity contribution in [2.45, 2.75) is 6.92 Å². The first-order valence-corrected chi connectivity index (χ1v) is 7.60. The molecule has 23 heavy (non-hydrogen) atoms. The number of rotatable bonds is 4. The van der Waals surface area contributed by atoms with Gasteiger partial charge < -0.3 is 10.4 Å². The lowest BCUT2D eigenvalue weighted by atomic mass is 10.1. The Morgan fingerprint density at radius 3 is 2.00 bits per heavy atom. The van der Waals surface area contributed by atoms with E-state index in [0.717, 1.165) is 22.5 Å². The van der Waals surface area contributed by atoms with E-state index in [1.807, 2.05) is 24.3 Å². The summed E-state index contributed by atoms with van der Waals surface area (Å²) in [6.45, 7) is 2.08. The van der Waals surface area contributed by atoms with E-state index in [4.69, 9.17) is 0 Å². The fourth-order valence-electron chi connectivity index (χ4n) is 2.30. The number of hydrogen-bond donors (Lipinski definition) is 2. The number of aryl methyl sites for hydroxylation is 1. The van der Waals surface area contributed by atoms with Crippen LogP contribution >= 0.6 is 0 Å². The molecule has 2 nitrogen and oxygen atoms in total. The lowest BCUT2D eigenvalue weighted by Crippen LogP contribution is -1.89. The normalized spacial score (nSPS) is 10.8. The molecule has 0 radical (unpaired) electrons. The Bertz CT molecular complexity index is 802. The molecule has 0 aliphatic rings. The summed E-state index contributed by atoms with van der Waals surface area (Å²) >= 11 is 0. The fraction of sp³-hybridized carbons (Fsp3) is 0.0476. The van der Waals surface area contributed by atoms with Crippen molar-refractivity contribution in [3.63, 3.8) is 0 Å². The van der Waals surface area contributed by atoms with Crippen molar-refractivity contribution in [1.29, 1.82) is 0 Å². The molecule has 0 bridgehead atoms. The van der Waals surface area contributed by atoms with Crippen LogP contribution in [0.4, 0.5) is 11.4 Å². The van der Waals surface area contributed by atoms with Crippen LogP contribution < -0.4 is 5.32 Å². The van der Waals surface area contributed by atoms with Crippen LogP contribution in [0, 0.1) is 6.92 Å². The Morgan fingerprint density at radius 2 is 1.35 bits per heavy atom. The SMILES string of the molecule is Cc1ccc(Nc2ccc(C=Cc3cccc(O)c3)cc2)cc1. The van der Waals surface area contributed by atoms with Crippen LogP contribution in [0.1, 0.15) is 16.7 Å². The third-order valence-electron chi connectivity index (χ3n) is 3.59. The standard InChI is InChI=1S/C21H19NO/c1-16-5-11-19(12-6-16)22-20-13-9-17(10-14-20)7-8-18-3-2-4-21(23)15-18/h2-15,22-23H,1H3. The Kier molecular flexibility index (Phi) is 4.44. The third kappa shape index (κ3) is 4.24. The predicted molar refractivity (Wildman–Crippen MR) is 97.9 cm³/mol. The second-order valence-electron chi connectivity index (χ2n) is 5.54. The Balaban J connectivity index is 1.68. The van der Waals surface area contributed by atoms with Crippen LogP contribution in [0.25, 0.3) is 12.2 Å². The number of nitrogens with one attached hydrogen (secondary N) is 1. The van der Waals surface area contributed by atoms with Crippen molar-refractivity contribution in [2.75, 3.05) is 5.32 Å². The lowest BCUT2D eigenvalue weighted by Gasteiger charge is -2.07. The van der Waals surface area contributed by atoms with Gasteiger partial charge in [0.2, 0.25) is 0 Å². The molecule has 0 unspecified atom stereocenters. The average molecular weight is 301 g/mol. The highest BCUT2D eigenvalue weighted by molar-refractivity contribution is 5.71. The van der Waals surface area contributed by atoms with Gasteiger partial charge in [-0.15, -0.1) is 0 Å². The highest BCUT2D eigenvalue weighted by atomic mass is 16.3. The van der Waals surface area contributed by atoms with Gasteiger partial charge in [-0.25, -0.2) is 0 Å². The smallest absolute Gasteiger partial charge is 0.116 e. The van der Waals surface area contributed by atoms with Crippen molar-refractivity contribution in [2.24, 2.45) is 0 Å². The molecule has 0 heterocycles. The first kappa shape index (κ1) is 14.9. The van der Waals surface area contributed by atoms with Crippen molar-refractivity contribution < 1.29 is 5.11 Å². The minimum Gasteiger partial charge on any atom is -0.508 e. The van der Waals surface area contributed by atoms with E-state index in [2.05, 4.69) is 60.8 Å². The number of phenolic OH excluding ortho intramolecular Hbond substituents is 1. The van der Waals surface area contributed by atoms with E-state index in [0.29, 0.717) is 0 Å². The quantitative estimate of drug-likeness (QED) is 0.613. The van der Waals surface area contributed by atoms with E-state index < -0.39 is 0 Å². The van der Waals surface area contributed by atoms with Crippen LogP contribution in [0.15, 0.2) is 72.8 Å². The molecule has 0 fully saturated rings. The summed E-state index contributed by atoms with van der Waals surface area (Å²) in [5.74, 6) is 0.282. The van der Waals surface area contributed by atoms with Crippen molar-refractivity contribution in [3.05, 3.63) is 89.5 Å². The Morgan fingerprint density at radius 1 is 0.739 bits per heavy atom. The van der Waals surface area contributed by atoms with Crippen LogP contribution in [0.3, 0.4) is 0 Å². The zero-order chi connectivity index (χ0) is 16.1. The van der Waals surface area contributed by atoms with Crippen molar-refractivity contribution >= 4 is 23.5 Å². The van der Waals surface area contributed by atoms with E-state index in [1.54, 1.807) is 12.1 Å². The molecule has 0 amide bonds. The summed E-state index contributed by atoms with van der Waals surface area (Å²) < 4.78 is 0. The molecular formula is C21H19NO. The summed E-state index contributed by atoms with van der Waals surface area (Å²) in [6, 6.07) is 23.8. The Hall–Kier alpha value is -3.00. The third-order valence-corrected chi connectivity index (χ3v) is 3.59. The molecule has 0 saturated heterocycles. The van der Waals surface area contributed by atoms with E-state index in [9.17, 15) is 5.11 Å². The minimum absolute atomic E-state index is 0.282. The van der Waals surface area contributed by atoms with Crippen LogP contribution in [0.2, 0.25) is 0 Å². The van der Waals surface area contributed by atoms with Gasteiger partial charge in [-0.05, 0) is 54.4 Å². The van der Waals surface area contributed by atoms with E-state index in [-0.39, 0.29) is 5.75 Å². The van der Waals surface area contributed by atoms with E-state index in [1.165, 1.54) is 5.56 Å². The van der Waals surface area contributed by atoms with Gasteiger partial charge >= 0.3 is 0 Å². The number of aromatic hydroxyl groups is 1. The highest BCUT2D eigenvalue weighted by Crippen LogP contribution is 2.19. The van der Waals surface area contributed by atoms with Crippen LogP contribution in [-0.4, -0.2) is 5.11 Å². The highest BCUT2D eigenvalue weighted by Gasteiger charge is 1.95. The molecule has 114 valence electrons. The lowest BCUT2D eigenvalue weighted by molar-refractivity contribution is 0.475. The summed E-state index contributed by atoms with van der Waals surface area (Å²) in [5.41, 5.74) is 5.49. The van der Waals surface area contributed by atoms with Gasteiger partial charge in [-0.1, -0.05) is 54.1 Å². The Labute approximate surface area is 136 Å². The molecule has 3 aromatic carbocycles. The zero-order valence-corrected chi connectivity index (χ0v) is 13.0. The molecule has 2 heteroatoms. The topological polar surface area (TPSA) is 32.3 Å². The van der Waals surface area contributed by atoms with Crippen LogP contribution in [-0.2, 0) is 0 Å². The first-order valence-electron chi connectivity index (χ1n) is 7.60. The maximum absolute atomic E-state index is 9.46. The van der Waals surface area contributed by atoms with Gasteiger partial charge in [-0.2, -0.15) is 0 Å². The van der Waals surface area contributed by atoms with Gasteiger partial charge in [0.15, 0.2) is 0 Å². The summed E-state index contributed by atoms with van der Waals surface area (Å²) in [7, 11) is 0. The molecule has 0 aromatic heterocycles. The van der Waals surface area contributed by atoms with Gasteiger partial charge in [0.25, 0.3) is 0 Å². The van der Waals surface area contributed by atoms with Crippen LogP contribution in [0.5, 0.6) is 5.75 Å². The molecule has 0 atom stereocenters. The summed E-state index contributed by atoms with van der Waals surface area (Å²) in [4.78, 5) is 0. The maximum Gasteiger partial charge on any atom is 0.116 e. The molecule has 0 spiro atoms. The van der Waals surface area contributed by atoms with Gasteiger partial charge in [0.05, 0.1) is 0 Å². The van der Waals surface area contributed by atoms with Crippen molar-refractivity contribution in [1.82, 2.24) is 0 Å². The molecule has 0 aliphatic carbocycles. The molecule has 2 N–H and O–H groups in total. The van der Waals surface area contributed by atoms with Gasteiger partial charge in [0, 0.05) is 11.4 Å². The molecular weight excluding hydrogens is 282 g/mol. The number of anilines is 2. The number of benzene rings is 3. The largest absolute Gasteiger partial charge is 0.508 e. The minimum atomic E-state index is 0.282. The van der Waals surface area contributed by atoms with E-state index >= 15 is 0 Å². The molecule has 3 aromatic rings. The average Bonchev–Trinajstić information content (AvgIpc) is 2.56. The number of hydrogen-bond acceptors (Lipinski definition) is 2. The zero-order valence-electron chi connectivity index (χ0n) is 13.0. The number of phenols is 1. The fourth-order valence-corrected chi connectivity index (χ4v) is 2.30. The molecule has 0 aliphatic heterocycles.